The van der Waals surface area contributed by atoms with Gasteiger partial charge in [0.2, 0.25) is 0 Å². The second-order valence-electron chi connectivity index (χ2n) is 7.19. The van der Waals surface area contributed by atoms with Crippen LogP contribution in [-0.2, 0) is 12.0 Å². The Morgan fingerprint density at radius 3 is 2.59 bits per heavy atom. The molecule has 1 fully saturated rings. The van der Waals surface area contributed by atoms with Crippen LogP contribution in [0.1, 0.15) is 24.2 Å². The Labute approximate surface area is 157 Å². The van der Waals surface area contributed by atoms with Crippen molar-refractivity contribution in [2.24, 2.45) is 0 Å². The topological polar surface area (TPSA) is 78.1 Å². The molecule has 138 valence electrons. The smallest absolute Gasteiger partial charge is 0.317 e. The van der Waals surface area contributed by atoms with E-state index in [0.717, 1.165) is 12.8 Å². The van der Waals surface area contributed by atoms with Crippen LogP contribution in [0.25, 0.3) is 10.9 Å². The van der Waals surface area contributed by atoms with E-state index in [1.807, 2.05) is 24.3 Å². The summed E-state index contributed by atoms with van der Waals surface area (Å²) in [5, 5.41) is 3.57. The van der Waals surface area contributed by atoms with Crippen molar-refractivity contribution in [1.29, 1.82) is 0 Å². The molecule has 0 radical (unpaired) electrons. The lowest BCUT2D eigenvalue weighted by Gasteiger charge is -2.21. The largest absolute Gasteiger partial charge is 0.337 e. The third-order valence-corrected chi connectivity index (χ3v) is 5.21. The van der Waals surface area contributed by atoms with Crippen molar-refractivity contribution in [1.82, 2.24) is 20.2 Å². The lowest BCUT2D eigenvalue weighted by molar-refractivity contribution is 0.204. The Bertz CT molecular complexity index is 1030. The number of rotatable bonds is 5. The molecule has 0 spiro atoms. The summed E-state index contributed by atoms with van der Waals surface area (Å²) in [6, 6.07) is 17.3. The molecule has 0 bridgehead atoms. The van der Waals surface area contributed by atoms with Gasteiger partial charge in [0.05, 0.1) is 17.4 Å². The molecule has 1 heterocycles. The van der Waals surface area contributed by atoms with Crippen molar-refractivity contribution >= 4 is 16.9 Å². The number of aromatic amines is 1. The summed E-state index contributed by atoms with van der Waals surface area (Å²) in [5.41, 5.74) is 1.78. The first-order chi connectivity index (χ1) is 13.1. The monoisotopic (exact) mass is 362 g/mol. The number of hydrogen-bond acceptors (Lipinski definition) is 3. The highest BCUT2D eigenvalue weighted by molar-refractivity contribution is 5.77. The summed E-state index contributed by atoms with van der Waals surface area (Å²) in [7, 11) is 1.70. The quantitative estimate of drug-likeness (QED) is 0.733. The number of nitrogens with zero attached hydrogens (tertiary/aromatic N) is 2. The van der Waals surface area contributed by atoms with Crippen molar-refractivity contribution in [3.8, 4) is 0 Å². The average molecular weight is 362 g/mol. The Hall–Kier alpha value is -3.15. The summed E-state index contributed by atoms with van der Waals surface area (Å²) in [6.45, 7) is 0.853. The van der Waals surface area contributed by atoms with Crippen molar-refractivity contribution in [2.75, 3.05) is 13.6 Å². The number of benzene rings is 2. The molecule has 2 N–H and O–H groups in total. The normalized spacial score (nSPS) is 14.7. The maximum Gasteiger partial charge on any atom is 0.317 e. The molecule has 0 aliphatic heterocycles. The summed E-state index contributed by atoms with van der Waals surface area (Å²) in [5.74, 6) is 0.473. The van der Waals surface area contributed by atoms with Crippen molar-refractivity contribution in [3.63, 3.8) is 0 Å². The number of amides is 2. The number of hydrogen-bond donors (Lipinski definition) is 2. The highest BCUT2D eigenvalue weighted by atomic mass is 16.2. The fourth-order valence-corrected chi connectivity index (χ4v) is 3.40. The summed E-state index contributed by atoms with van der Waals surface area (Å²) < 4.78 is 0. The molecule has 6 heteroatoms. The Balaban J connectivity index is 1.41. The van der Waals surface area contributed by atoms with E-state index in [1.54, 1.807) is 25.2 Å². The predicted molar refractivity (Wildman–Crippen MR) is 105 cm³/mol. The third-order valence-electron chi connectivity index (χ3n) is 5.21. The summed E-state index contributed by atoms with van der Waals surface area (Å²) in [4.78, 5) is 33.4. The van der Waals surface area contributed by atoms with Crippen LogP contribution < -0.4 is 10.9 Å². The highest BCUT2D eigenvalue weighted by Crippen LogP contribution is 2.47. The van der Waals surface area contributed by atoms with E-state index in [0.29, 0.717) is 23.3 Å². The molecule has 2 amide bonds. The van der Waals surface area contributed by atoms with E-state index in [1.165, 1.54) is 10.5 Å². The Morgan fingerprint density at radius 2 is 1.85 bits per heavy atom. The maximum absolute atomic E-state index is 12.5. The molecule has 3 aromatic rings. The molecule has 2 aromatic carbocycles. The van der Waals surface area contributed by atoms with E-state index in [-0.39, 0.29) is 23.6 Å². The van der Waals surface area contributed by atoms with E-state index >= 15 is 0 Å². The SMILES string of the molecule is CN(Cc1nc2ccccc2c(=O)[nH]1)C(=O)NCC1(c2ccccc2)CC1. The van der Waals surface area contributed by atoms with Gasteiger partial charge in [0, 0.05) is 19.0 Å². The molecule has 6 nitrogen and oxygen atoms in total. The Kier molecular flexibility index (Phi) is 4.39. The van der Waals surface area contributed by atoms with Crippen LogP contribution in [0.4, 0.5) is 4.79 Å². The first-order valence-electron chi connectivity index (χ1n) is 9.10. The van der Waals surface area contributed by atoms with E-state index in [4.69, 9.17) is 0 Å². The first-order valence-corrected chi connectivity index (χ1v) is 9.10. The molecule has 1 saturated carbocycles. The van der Waals surface area contributed by atoms with Gasteiger partial charge in [0.15, 0.2) is 0 Å². The molecular weight excluding hydrogens is 340 g/mol. The van der Waals surface area contributed by atoms with Crippen LogP contribution in [0.5, 0.6) is 0 Å². The molecule has 0 unspecified atom stereocenters. The molecular formula is C21H22N4O2. The maximum atomic E-state index is 12.5. The summed E-state index contributed by atoms with van der Waals surface area (Å²) in [6.07, 6.45) is 2.17. The number of para-hydroxylation sites is 1. The van der Waals surface area contributed by atoms with Gasteiger partial charge < -0.3 is 15.2 Å². The van der Waals surface area contributed by atoms with E-state index in [2.05, 4.69) is 27.4 Å². The number of fused-ring (bicyclic) bond motifs is 1. The van der Waals surface area contributed by atoms with Crippen molar-refractivity contribution in [3.05, 3.63) is 76.3 Å². The average Bonchev–Trinajstić information content (AvgIpc) is 3.48. The minimum atomic E-state index is -0.189. The minimum absolute atomic E-state index is 0.0628. The van der Waals surface area contributed by atoms with Crippen LogP contribution in [0.2, 0.25) is 0 Å². The fourth-order valence-electron chi connectivity index (χ4n) is 3.40. The third kappa shape index (κ3) is 3.56. The second-order valence-corrected chi connectivity index (χ2v) is 7.19. The van der Waals surface area contributed by atoms with Crippen LogP contribution >= 0.6 is 0 Å². The number of carbonyl (C=O) groups is 1. The number of H-pyrrole nitrogens is 1. The Morgan fingerprint density at radius 1 is 1.15 bits per heavy atom. The van der Waals surface area contributed by atoms with Crippen LogP contribution in [-0.4, -0.2) is 34.5 Å². The van der Waals surface area contributed by atoms with Gasteiger partial charge in [-0.3, -0.25) is 4.79 Å². The second kappa shape index (κ2) is 6.87. The molecule has 1 aromatic heterocycles. The fraction of sp³-hybridized carbons (Fsp3) is 0.286. The van der Waals surface area contributed by atoms with Gasteiger partial charge in [-0.15, -0.1) is 0 Å². The van der Waals surface area contributed by atoms with Crippen LogP contribution in [0.3, 0.4) is 0 Å². The van der Waals surface area contributed by atoms with Gasteiger partial charge in [0.25, 0.3) is 5.56 Å². The number of urea groups is 1. The number of nitrogens with one attached hydrogen (secondary N) is 2. The molecule has 4 rings (SSSR count). The molecule has 1 aliphatic carbocycles. The minimum Gasteiger partial charge on any atom is -0.337 e. The van der Waals surface area contributed by atoms with Crippen molar-refractivity contribution < 1.29 is 4.79 Å². The van der Waals surface area contributed by atoms with Gasteiger partial charge >= 0.3 is 6.03 Å². The number of carbonyl (C=O) groups excluding carboxylic acids is 1. The van der Waals surface area contributed by atoms with E-state index < -0.39 is 0 Å². The molecule has 0 saturated heterocycles. The molecule has 1 aliphatic rings. The standard InChI is InChI=1S/C21H22N4O2/c1-25(13-18-23-17-10-6-5-9-16(17)19(26)24-18)20(27)22-14-21(11-12-21)15-7-3-2-4-8-15/h2-10H,11-14H2,1H3,(H,22,27)(H,23,24,26). The zero-order valence-corrected chi connectivity index (χ0v) is 15.2. The van der Waals surface area contributed by atoms with Gasteiger partial charge in [-0.1, -0.05) is 42.5 Å². The predicted octanol–water partition coefficient (Wildman–Crippen LogP) is 2.80. The van der Waals surface area contributed by atoms with Gasteiger partial charge in [-0.05, 0) is 30.5 Å². The van der Waals surface area contributed by atoms with Gasteiger partial charge in [-0.25, -0.2) is 9.78 Å². The zero-order chi connectivity index (χ0) is 18.9. The highest BCUT2D eigenvalue weighted by Gasteiger charge is 2.44. The molecule has 0 atom stereocenters. The first kappa shape index (κ1) is 17.3. The van der Waals surface area contributed by atoms with Crippen LogP contribution in [0, 0.1) is 0 Å². The lowest BCUT2D eigenvalue weighted by Crippen LogP contribution is -2.41. The lowest BCUT2D eigenvalue weighted by atomic mass is 9.96. The molecule has 27 heavy (non-hydrogen) atoms. The van der Waals surface area contributed by atoms with Crippen LogP contribution in [0.15, 0.2) is 59.4 Å². The van der Waals surface area contributed by atoms with Crippen molar-refractivity contribution in [2.45, 2.75) is 24.8 Å². The van der Waals surface area contributed by atoms with Gasteiger partial charge in [-0.2, -0.15) is 0 Å². The zero-order valence-electron chi connectivity index (χ0n) is 15.2. The number of aromatic nitrogens is 2. The van der Waals surface area contributed by atoms with Gasteiger partial charge in [0.1, 0.15) is 5.82 Å². The summed E-state index contributed by atoms with van der Waals surface area (Å²) >= 11 is 0. The van der Waals surface area contributed by atoms with E-state index in [9.17, 15) is 9.59 Å².